The first kappa shape index (κ1) is 19.3. The molecule has 0 fully saturated rings. The number of benzene rings is 1. The van der Waals surface area contributed by atoms with Crippen LogP contribution in [-0.2, 0) is 11.3 Å². The Kier molecular flexibility index (Phi) is 6.40. The van der Waals surface area contributed by atoms with Gasteiger partial charge in [0.05, 0.1) is 10.6 Å². The van der Waals surface area contributed by atoms with Crippen LogP contribution in [0.4, 0.5) is 8.78 Å². The molecule has 1 N–H and O–H groups in total. The summed E-state index contributed by atoms with van der Waals surface area (Å²) in [5, 5.41) is 9.43. The molecule has 1 aromatic carbocycles. The van der Waals surface area contributed by atoms with Crippen LogP contribution >= 0.6 is 23.1 Å². The van der Waals surface area contributed by atoms with Gasteiger partial charge in [0.15, 0.2) is 5.82 Å². The SMILES string of the molecule is CN(Cc1ccc(OC(F)F)cc1)C(=O)CSc1n[nH]c(-c2cccs2)n1. The van der Waals surface area contributed by atoms with Gasteiger partial charge in [-0.25, -0.2) is 4.98 Å². The van der Waals surface area contributed by atoms with Crippen molar-refractivity contribution in [1.82, 2.24) is 20.1 Å². The first-order chi connectivity index (χ1) is 13.0. The zero-order valence-electron chi connectivity index (χ0n) is 14.3. The number of amides is 1. The van der Waals surface area contributed by atoms with Gasteiger partial charge < -0.3 is 9.64 Å². The third-order valence-corrected chi connectivity index (χ3v) is 5.25. The number of halogens is 2. The number of thioether (sulfide) groups is 1. The highest BCUT2D eigenvalue weighted by Gasteiger charge is 2.13. The van der Waals surface area contributed by atoms with Gasteiger partial charge in [0, 0.05) is 13.6 Å². The van der Waals surface area contributed by atoms with Gasteiger partial charge in [-0.05, 0) is 29.1 Å². The summed E-state index contributed by atoms with van der Waals surface area (Å²) in [7, 11) is 1.68. The van der Waals surface area contributed by atoms with Crippen molar-refractivity contribution >= 4 is 29.0 Å². The predicted octanol–water partition coefficient (Wildman–Crippen LogP) is 3.89. The first-order valence-electron chi connectivity index (χ1n) is 7.88. The summed E-state index contributed by atoms with van der Waals surface area (Å²) >= 11 is 2.81. The molecule has 0 aliphatic heterocycles. The van der Waals surface area contributed by atoms with Crippen molar-refractivity contribution < 1.29 is 18.3 Å². The highest BCUT2D eigenvalue weighted by Crippen LogP contribution is 2.23. The molecule has 6 nitrogen and oxygen atoms in total. The maximum Gasteiger partial charge on any atom is 0.387 e. The molecule has 1 amide bonds. The van der Waals surface area contributed by atoms with Gasteiger partial charge in [0.25, 0.3) is 0 Å². The van der Waals surface area contributed by atoms with Crippen molar-refractivity contribution in [2.75, 3.05) is 12.8 Å². The molecule has 2 aromatic heterocycles. The van der Waals surface area contributed by atoms with Gasteiger partial charge in [-0.1, -0.05) is 30.0 Å². The molecular weight excluding hydrogens is 394 g/mol. The zero-order chi connectivity index (χ0) is 19.2. The van der Waals surface area contributed by atoms with Crippen molar-refractivity contribution in [3.63, 3.8) is 0 Å². The minimum Gasteiger partial charge on any atom is -0.435 e. The molecule has 0 saturated heterocycles. The number of aromatic amines is 1. The van der Waals surface area contributed by atoms with Gasteiger partial charge in [0.1, 0.15) is 5.75 Å². The molecule has 27 heavy (non-hydrogen) atoms. The average Bonchev–Trinajstić information content (AvgIpc) is 3.32. The van der Waals surface area contributed by atoms with Crippen molar-refractivity contribution in [2.24, 2.45) is 0 Å². The number of ether oxygens (including phenoxy) is 1. The second-order valence-electron chi connectivity index (χ2n) is 5.50. The zero-order valence-corrected chi connectivity index (χ0v) is 15.9. The lowest BCUT2D eigenvalue weighted by Crippen LogP contribution is -2.27. The minimum absolute atomic E-state index is 0.0874. The number of hydrogen-bond acceptors (Lipinski definition) is 6. The van der Waals surface area contributed by atoms with E-state index in [2.05, 4.69) is 19.9 Å². The highest BCUT2D eigenvalue weighted by atomic mass is 32.2. The Labute approximate surface area is 162 Å². The van der Waals surface area contributed by atoms with Crippen LogP contribution < -0.4 is 4.74 Å². The smallest absolute Gasteiger partial charge is 0.387 e. The lowest BCUT2D eigenvalue weighted by molar-refractivity contribution is -0.127. The van der Waals surface area contributed by atoms with Crippen LogP contribution in [0, 0.1) is 0 Å². The lowest BCUT2D eigenvalue weighted by atomic mass is 10.2. The number of H-pyrrole nitrogens is 1. The van der Waals surface area contributed by atoms with E-state index >= 15 is 0 Å². The van der Waals surface area contributed by atoms with Gasteiger partial charge >= 0.3 is 6.61 Å². The molecule has 0 bridgehead atoms. The van der Waals surface area contributed by atoms with Crippen LogP contribution in [-0.4, -0.2) is 45.4 Å². The van der Waals surface area contributed by atoms with Crippen LogP contribution in [0.15, 0.2) is 46.9 Å². The lowest BCUT2D eigenvalue weighted by Gasteiger charge is -2.17. The first-order valence-corrected chi connectivity index (χ1v) is 9.74. The van der Waals surface area contributed by atoms with E-state index in [0.717, 1.165) is 10.4 Å². The van der Waals surface area contributed by atoms with E-state index < -0.39 is 6.61 Å². The summed E-state index contributed by atoms with van der Waals surface area (Å²) in [4.78, 5) is 19.2. The minimum atomic E-state index is -2.85. The van der Waals surface area contributed by atoms with Gasteiger partial charge in [-0.3, -0.25) is 9.89 Å². The number of nitrogens with one attached hydrogen (secondary N) is 1. The van der Waals surface area contributed by atoms with E-state index in [9.17, 15) is 13.6 Å². The molecule has 2 heterocycles. The second-order valence-corrected chi connectivity index (χ2v) is 7.40. The molecule has 0 radical (unpaired) electrons. The molecule has 0 aliphatic rings. The van der Waals surface area contributed by atoms with Crippen molar-refractivity contribution in [3.05, 3.63) is 47.3 Å². The Bertz CT molecular complexity index is 869. The van der Waals surface area contributed by atoms with Crippen LogP contribution in [0.3, 0.4) is 0 Å². The number of carbonyl (C=O) groups is 1. The monoisotopic (exact) mass is 410 g/mol. The maximum absolute atomic E-state index is 12.3. The molecule has 0 spiro atoms. The summed E-state index contributed by atoms with van der Waals surface area (Å²) < 4.78 is 28.6. The molecule has 142 valence electrons. The van der Waals surface area contributed by atoms with Gasteiger partial charge in [-0.15, -0.1) is 16.4 Å². The summed E-state index contributed by atoms with van der Waals surface area (Å²) in [6.45, 7) is -2.49. The molecule has 10 heteroatoms. The molecular formula is C17H16F2N4O2S2. The molecule has 0 unspecified atom stereocenters. The molecule has 0 aliphatic carbocycles. The Morgan fingerprint density at radius 1 is 1.33 bits per heavy atom. The number of carbonyl (C=O) groups excluding carboxylic acids is 1. The normalized spacial score (nSPS) is 11.0. The van der Waals surface area contributed by atoms with E-state index in [1.165, 1.54) is 23.9 Å². The quantitative estimate of drug-likeness (QED) is 0.571. The number of hydrogen-bond donors (Lipinski definition) is 1. The average molecular weight is 410 g/mol. The van der Waals surface area contributed by atoms with Gasteiger partial charge in [0.2, 0.25) is 11.1 Å². The fourth-order valence-corrected chi connectivity index (χ4v) is 3.61. The summed E-state index contributed by atoms with van der Waals surface area (Å²) in [6.07, 6.45) is 0. The number of thiophene rings is 1. The molecule has 0 saturated carbocycles. The summed E-state index contributed by atoms with van der Waals surface area (Å²) in [5.41, 5.74) is 0.815. The van der Waals surface area contributed by atoms with Crippen molar-refractivity contribution in [2.45, 2.75) is 18.3 Å². The van der Waals surface area contributed by atoms with Crippen LogP contribution in [0.5, 0.6) is 5.75 Å². The number of rotatable bonds is 8. The topological polar surface area (TPSA) is 71.1 Å². The van der Waals surface area contributed by atoms with E-state index in [4.69, 9.17) is 0 Å². The Hall–Kier alpha value is -2.46. The third-order valence-electron chi connectivity index (χ3n) is 3.54. The summed E-state index contributed by atoms with van der Waals surface area (Å²) in [6, 6.07) is 10.1. The number of aromatic nitrogens is 3. The van der Waals surface area contributed by atoms with Crippen molar-refractivity contribution in [3.8, 4) is 16.5 Å². The Morgan fingerprint density at radius 2 is 2.11 bits per heavy atom. The second kappa shape index (κ2) is 8.96. The predicted molar refractivity (Wildman–Crippen MR) is 100.0 cm³/mol. The molecule has 3 rings (SSSR count). The summed E-state index contributed by atoms with van der Waals surface area (Å²) in [5.74, 6) is 0.879. The van der Waals surface area contributed by atoms with Crippen LogP contribution in [0.2, 0.25) is 0 Å². The number of nitrogens with zero attached hydrogens (tertiary/aromatic N) is 3. The van der Waals surface area contributed by atoms with Crippen molar-refractivity contribution in [1.29, 1.82) is 0 Å². The fraction of sp³-hybridized carbons (Fsp3) is 0.235. The highest BCUT2D eigenvalue weighted by molar-refractivity contribution is 7.99. The fourth-order valence-electron chi connectivity index (χ4n) is 2.21. The Balaban J connectivity index is 1.49. The van der Waals surface area contributed by atoms with E-state index in [1.54, 1.807) is 35.4 Å². The number of alkyl halides is 2. The maximum atomic E-state index is 12.3. The van der Waals surface area contributed by atoms with Crippen LogP contribution in [0.1, 0.15) is 5.56 Å². The van der Waals surface area contributed by atoms with E-state index in [-0.39, 0.29) is 17.4 Å². The van der Waals surface area contributed by atoms with Gasteiger partial charge in [-0.2, -0.15) is 8.78 Å². The largest absolute Gasteiger partial charge is 0.435 e. The van der Waals surface area contributed by atoms with Crippen LogP contribution in [0.25, 0.3) is 10.7 Å². The van der Waals surface area contributed by atoms with E-state index in [0.29, 0.717) is 17.5 Å². The molecule has 3 aromatic rings. The molecule has 0 atom stereocenters. The standard InChI is InChI=1S/C17H16F2N4O2S2/c1-23(9-11-4-6-12(7-5-11)25-16(18)19)14(24)10-27-17-20-15(21-22-17)13-3-2-8-26-13/h2-8,16H,9-10H2,1H3,(H,20,21,22). The Morgan fingerprint density at radius 3 is 2.78 bits per heavy atom. The third kappa shape index (κ3) is 5.51. The van der Waals surface area contributed by atoms with E-state index in [1.807, 2.05) is 17.5 Å².